The zero-order valence-electron chi connectivity index (χ0n) is 9.30. The molecule has 0 radical (unpaired) electrons. The largest absolute Gasteiger partial charge is 0.398 e. The fourth-order valence-electron chi connectivity index (χ4n) is 1.78. The molecule has 0 aliphatic carbocycles. The molecule has 1 aromatic carbocycles. The maximum atomic E-state index is 6.06. The fourth-order valence-corrected chi connectivity index (χ4v) is 1.78. The third-order valence-corrected chi connectivity index (χ3v) is 2.56. The molecule has 78 valence electrons. The molecule has 2 nitrogen and oxygen atoms in total. The quantitative estimate of drug-likeness (QED) is 0.723. The Hall–Kier alpha value is -1.02. The van der Waals surface area contributed by atoms with Crippen LogP contribution in [0, 0.1) is 13.8 Å². The normalized spacial score (nSPS) is 12.9. The number of benzene rings is 1. The fraction of sp³-hybridized carbons (Fsp3) is 0.500. The van der Waals surface area contributed by atoms with E-state index < -0.39 is 0 Å². The molecule has 1 atom stereocenters. The van der Waals surface area contributed by atoms with Crippen LogP contribution in [0.4, 0.5) is 5.69 Å². The van der Waals surface area contributed by atoms with Gasteiger partial charge in [0.05, 0.1) is 0 Å². The Labute approximate surface area is 86.3 Å². The van der Waals surface area contributed by atoms with E-state index in [1.54, 1.807) is 0 Å². The highest BCUT2D eigenvalue weighted by atomic mass is 14.7. The lowest BCUT2D eigenvalue weighted by atomic mass is 9.96. The van der Waals surface area contributed by atoms with Crippen LogP contribution >= 0.6 is 0 Å². The lowest BCUT2D eigenvalue weighted by molar-refractivity contribution is 0.639. The van der Waals surface area contributed by atoms with Crippen LogP contribution in [-0.2, 0) is 0 Å². The molecular weight excluding hydrogens is 172 g/mol. The van der Waals surface area contributed by atoms with E-state index in [0.29, 0.717) is 0 Å². The van der Waals surface area contributed by atoms with Crippen LogP contribution in [0.15, 0.2) is 12.1 Å². The zero-order valence-corrected chi connectivity index (χ0v) is 9.30. The molecule has 2 heteroatoms. The topological polar surface area (TPSA) is 52.0 Å². The molecule has 0 fully saturated rings. The Morgan fingerprint density at radius 1 is 1.29 bits per heavy atom. The summed E-state index contributed by atoms with van der Waals surface area (Å²) in [4.78, 5) is 0. The summed E-state index contributed by atoms with van der Waals surface area (Å²) >= 11 is 0. The van der Waals surface area contributed by atoms with Crippen molar-refractivity contribution in [2.24, 2.45) is 5.73 Å². The first-order valence-electron chi connectivity index (χ1n) is 5.18. The number of aryl methyl sites for hydroxylation is 2. The Morgan fingerprint density at radius 3 is 2.50 bits per heavy atom. The van der Waals surface area contributed by atoms with Crippen molar-refractivity contribution < 1.29 is 0 Å². The minimum absolute atomic E-state index is 0.0820. The second-order valence-electron chi connectivity index (χ2n) is 3.98. The number of hydrogen-bond acceptors (Lipinski definition) is 2. The predicted octanol–water partition coefficient (Wildman–Crippen LogP) is 2.69. The molecule has 1 aromatic rings. The van der Waals surface area contributed by atoms with E-state index in [4.69, 9.17) is 11.5 Å². The monoisotopic (exact) mass is 192 g/mol. The van der Waals surface area contributed by atoms with Gasteiger partial charge in [-0.15, -0.1) is 0 Å². The molecule has 0 amide bonds. The maximum absolute atomic E-state index is 6.06. The molecule has 0 aromatic heterocycles. The van der Waals surface area contributed by atoms with Gasteiger partial charge in [0, 0.05) is 11.7 Å². The highest BCUT2D eigenvalue weighted by molar-refractivity contribution is 5.56. The van der Waals surface area contributed by atoms with Crippen molar-refractivity contribution >= 4 is 5.69 Å². The Balaban J connectivity index is 3.07. The predicted molar refractivity (Wildman–Crippen MR) is 62.2 cm³/mol. The van der Waals surface area contributed by atoms with E-state index in [9.17, 15) is 0 Å². The molecule has 1 unspecified atom stereocenters. The molecule has 0 heterocycles. The second kappa shape index (κ2) is 4.47. The molecule has 0 saturated heterocycles. The SMILES string of the molecule is CCCC(N)c1cc(C)cc(C)c1N. The highest BCUT2D eigenvalue weighted by Gasteiger charge is 2.10. The summed E-state index contributed by atoms with van der Waals surface area (Å²) in [5.41, 5.74) is 16.4. The van der Waals surface area contributed by atoms with Crippen LogP contribution in [0.3, 0.4) is 0 Å². The summed E-state index contributed by atoms with van der Waals surface area (Å²) in [6.07, 6.45) is 2.08. The first-order chi connectivity index (χ1) is 6.56. The van der Waals surface area contributed by atoms with Crippen molar-refractivity contribution in [3.8, 4) is 0 Å². The van der Waals surface area contributed by atoms with Crippen molar-refractivity contribution in [3.05, 3.63) is 28.8 Å². The van der Waals surface area contributed by atoms with E-state index in [1.807, 2.05) is 6.92 Å². The lowest BCUT2D eigenvalue weighted by Crippen LogP contribution is -2.13. The van der Waals surface area contributed by atoms with E-state index >= 15 is 0 Å². The van der Waals surface area contributed by atoms with E-state index in [1.165, 1.54) is 5.56 Å². The maximum Gasteiger partial charge on any atom is 0.0392 e. The Kier molecular flexibility index (Phi) is 3.53. The van der Waals surface area contributed by atoms with E-state index in [0.717, 1.165) is 29.7 Å². The van der Waals surface area contributed by atoms with Gasteiger partial charge in [-0.2, -0.15) is 0 Å². The number of nitrogen functional groups attached to an aromatic ring is 1. The van der Waals surface area contributed by atoms with Gasteiger partial charge >= 0.3 is 0 Å². The molecule has 0 aliphatic heterocycles. The number of rotatable bonds is 3. The standard InChI is InChI=1S/C12H20N2/c1-4-5-11(13)10-7-8(2)6-9(3)12(10)14/h6-7,11H,4-5,13-14H2,1-3H3. The zero-order chi connectivity index (χ0) is 10.7. The summed E-state index contributed by atoms with van der Waals surface area (Å²) < 4.78 is 0. The van der Waals surface area contributed by atoms with Gasteiger partial charge in [0.1, 0.15) is 0 Å². The van der Waals surface area contributed by atoms with Gasteiger partial charge < -0.3 is 11.5 Å². The number of nitrogens with two attached hydrogens (primary N) is 2. The number of anilines is 1. The summed E-state index contributed by atoms with van der Waals surface area (Å²) in [6.45, 7) is 6.25. The van der Waals surface area contributed by atoms with Crippen LogP contribution in [0.25, 0.3) is 0 Å². The van der Waals surface area contributed by atoms with E-state index in [-0.39, 0.29) is 6.04 Å². The molecule has 0 aliphatic rings. The van der Waals surface area contributed by atoms with Crippen LogP contribution in [-0.4, -0.2) is 0 Å². The minimum Gasteiger partial charge on any atom is -0.398 e. The van der Waals surface area contributed by atoms with Crippen molar-refractivity contribution in [3.63, 3.8) is 0 Å². The van der Waals surface area contributed by atoms with Gasteiger partial charge in [0.2, 0.25) is 0 Å². The average molecular weight is 192 g/mol. The minimum atomic E-state index is 0.0820. The van der Waals surface area contributed by atoms with Gasteiger partial charge in [-0.1, -0.05) is 31.0 Å². The molecular formula is C12H20N2. The van der Waals surface area contributed by atoms with Gasteiger partial charge in [0.25, 0.3) is 0 Å². The van der Waals surface area contributed by atoms with Gasteiger partial charge in [-0.3, -0.25) is 0 Å². The number of hydrogen-bond donors (Lipinski definition) is 2. The smallest absolute Gasteiger partial charge is 0.0392 e. The average Bonchev–Trinajstić information content (AvgIpc) is 2.11. The van der Waals surface area contributed by atoms with Crippen molar-refractivity contribution in [2.75, 3.05) is 5.73 Å². The summed E-state index contributed by atoms with van der Waals surface area (Å²) in [7, 11) is 0. The highest BCUT2D eigenvalue weighted by Crippen LogP contribution is 2.26. The van der Waals surface area contributed by atoms with Crippen LogP contribution in [0.1, 0.15) is 42.5 Å². The Bertz CT molecular complexity index is 318. The Morgan fingerprint density at radius 2 is 1.93 bits per heavy atom. The second-order valence-corrected chi connectivity index (χ2v) is 3.98. The molecule has 14 heavy (non-hydrogen) atoms. The van der Waals surface area contributed by atoms with Crippen molar-refractivity contribution in [2.45, 2.75) is 39.7 Å². The van der Waals surface area contributed by atoms with Crippen LogP contribution in [0.5, 0.6) is 0 Å². The lowest BCUT2D eigenvalue weighted by Gasteiger charge is -2.16. The van der Waals surface area contributed by atoms with Crippen LogP contribution in [0.2, 0.25) is 0 Å². The first-order valence-corrected chi connectivity index (χ1v) is 5.18. The third kappa shape index (κ3) is 2.26. The van der Waals surface area contributed by atoms with Gasteiger partial charge in [-0.05, 0) is 31.4 Å². The summed E-state index contributed by atoms with van der Waals surface area (Å²) in [5.74, 6) is 0. The van der Waals surface area contributed by atoms with Crippen LogP contribution < -0.4 is 11.5 Å². The molecule has 4 N–H and O–H groups in total. The van der Waals surface area contributed by atoms with Crippen molar-refractivity contribution in [1.82, 2.24) is 0 Å². The molecule has 0 bridgehead atoms. The molecule has 0 saturated carbocycles. The van der Waals surface area contributed by atoms with Gasteiger partial charge in [-0.25, -0.2) is 0 Å². The summed E-state index contributed by atoms with van der Waals surface area (Å²) in [5, 5.41) is 0. The third-order valence-electron chi connectivity index (χ3n) is 2.56. The van der Waals surface area contributed by atoms with E-state index in [2.05, 4.69) is 26.0 Å². The summed E-state index contributed by atoms with van der Waals surface area (Å²) in [6, 6.07) is 4.28. The molecule has 0 spiro atoms. The van der Waals surface area contributed by atoms with Crippen molar-refractivity contribution in [1.29, 1.82) is 0 Å². The first kappa shape index (κ1) is 11.1. The molecule has 1 rings (SSSR count). The van der Waals surface area contributed by atoms with Gasteiger partial charge in [0.15, 0.2) is 0 Å².